The molecule has 0 radical (unpaired) electrons. The van der Waals surface area contributed by atoms with Crippen LogP contribution in [0.4, 0.5) is 5.69 Å². The third-order valence-corrected chi connectivity index (χ3v) is 3.25. The van der Waals surface area contributed by atoms with Gasteiger partial charge in [0.05, 0.1) is 16.3 Å². The lowest BCUT2D eigenvalue weighted by molar-refractivity contribution is 0.393. The van der Waals surface area contributed by atoms with Gasteiger partial charge in [0.2, 0.25) is 0 Å². The molecule has 0 aliphatic heterocycles. The minimum Gasteiger partial charge on any atom is -0.398 e. The fraction of sp³-hybridized carbons (Fsp3) is 0.182. The normalized spacial score (nSPS) is 12.6. The highest BCUT2D eigenvalue weighted by atomic mass is 32.2. The zero-order valence-corrected chi connectivity index (χ0v) is 10.2. The van der Waals surface area contributed by atoms with Gasteiger partial charge in [0.15, 0.2) is 11.1 Å². The predicted molar refractivity (Wildman–Crippen MR) is 64.9 cm³/mol. The van der Waals surface area contributed by atoms with E-state index < -0.39 is 11.1 Å². The Bertz CT molecular complexity index is 573. The molecule has 1 atom stereocenters. The lowest BCUT2D eigenvalue weighted by atomic mass is 10.0. The van der Waals surface area contributed by atoms with E-state index in [9.17, 15) is 4.21 Å². The number of hydrogen-bond donors (Lipinski definition) is 2. The van der Waals surface area contributed by atoms with Gasteiger partial charge in [0.25, 0.3) is 0 Å². The minimum atomic E-state index is -2.10. The summed E-state index contributed by atoms with van der Waals surface area (Å²) in [5.74, 6) is 0.668. The fourth-order valence-corrected chi connectivity index (χ4v) is 2.23. The molecular weight excluding hydrogens is 240 g/mol. The van der Waals surface area contributed by atoms with Gasteiger partial charge >= 0.3 is 0 Å². The number of nitrogens with two attached hydrogens (primary N) is 1. The Balaban J connectivity index is 2.62. The van der Waals surface area contributed by atoms with Crippen molar-refractivity contribution >= 4 is 16.8 Å². The highest BCUT2D eigenvalue weighted by Gasteiger charge is 2.14. The van der Waals surface area contributed by atoms with Crippen LogP contribution in [0.1, 0.15) is 11.5 Å². The molecule has 2 rings (SSSR count). The van der Waals surface area contributed by atoms with Gasteiger partial charge in [-0.05, 0) is 31.5 Å². The molecular formula is C11H12N2O3S. The first-order valence-electron chi connectivity index (χ1n) is 4.94. The zero-order valence-electron chi connectivity index (χ0n) is 9.43. The van der Waals surface area contributed by atoms with Crippen LogP contribution in [0.15, 0.2) is 27.6 Å². The van der Waals surface area contributed by atoms with Crippen LogP contribution < -0.4 is 5.73 Å². The largest absolute Gasteiger partial charge is 0.398 e. The van der Waals surface area contributed by atoms with Gasteiger partial charge in [-0.3, -0.25) is 0 Å². The maximum absolute atomic E-state index is 11.1. The summed E-state index contributed by atoms with van der Waals surface area (Å²) in [7, 11) is 0. The molecule has 0 bridgehead atoms. The molecule has 17 heavy (non-hydrogen) atoms. The Hall–Kier alpha value is -1.66. The molecule has 0 spiro atoms. The van der Waals surface area contributed by atoms with Crippen molar-refractivity contribution in [2.75, 3.05) is 5.73 Å². The topological polar surface area (TPSA) is 89.4 Å². The Morgan fingerprint density at radius 2 is 2.12 bits per heavy atom. The number of aromatic nitrogens is 1. The van der Waals surface area contributed by atoms with Crippen LogP contribution >= 0.6 is 0 Å². The van der Waals surface area contributed by atoms with Crippen molar-refractivity contribution in [2.24, 2.45) is 0 Å². The quantitative estimate of drug-likeness (QED) is 0.631. The highest BCUT2D eigenvalue weighted by Crippen LogP contribution is 2.30. The lowest BCUT2D eigenvalue weighted by Gasteiger charge is -2.05. The third kappa shape index (κ3) is 2.09. The predicted octanol–water partition coefficient (Wildman–Crippen LogP) is 2.12. The molecule has 0 aliphatic carbocycles. The van der Waals surface area contributed by atoms with E-state index >= 15 is 0 Å². The number of nitrogens with zero attached hydrogens (tertiary/aromatic N) is 1. The van der Waals surface area contributed by atoms with Crippen molar-refractivity contribution in [3.05, 3.63) is 29.7 Å². The SMILES string of the molecule is Cc1noc(C)c1-c1ccc(N)c(S(=O)O)c1. The number of anilines is 1. The van der Waals surface area contributed by atoms with E-state index in [-0.39, 0.29) is 4.90 Å². The monoisotopic (exact) mass is 252 g/mol. The Kier molecular flexibility index (Phi) is 2.99. The molecule has 1 aromatic heterocycles. The molecule has 0 saturated heterocycles. The molecule has 1 aromatic carbocycles. The van der Waals surface area contributed by atoms with Crippen LogP contribution in [0.5, 0.6) is 0 Å². The van der Waals surface area contributed by atoms with Crippen LogP contribution in [0, 0.1) is 13.8 Å². The first-order valence-corrected chi connectivity index (χ1v) is 6.05. The maximum atomic E-state index is 11.1. The van der Waals surface area contributed by atoms with Crippen molar-refractivity contribution in [3.63, 3.8) is 0 Å². The first kappa shape index (κ1) is 11.8. The van der Waals surface area contributed by atoms with Crippen LogP contribution in [-0.4, -0.2) is 13.9 Å². The smallest absolute Gasteiger partial charge is 0.188 e. The van der Waals surface area contributed by atoms with Crippen molar-refractivity contribution < 1.29 is 13.3 Å². The maximum Gasteiger partial charge on any atom is 0.188 e. The van der Waals surface area contributed by atoms with Gasteiger partial charge in [0.1, 0.15) is 5.76 Å². The zero-order chi connectivity index (χ0) is 12.6. The average molecular weight is 252 g/mol. The van der Waals surface area contributed by atoms with E-state index in [4.69, 9.17) is 14.8 Å². The van der Waals surface area contributed by atoms with Crippen molar-refractivity contribution in [1.29, 1.82) is 0 Å². The van der Waals surface area contributed by atoms with E-state index in [1.54, 1.807) is 25.1 Å². The summed E-state index contributed by atoms with van der Waals surface area (Å²) < 4.78 is 25.3. The van der Waals surface area contributed by atoms with Gasteiger partial charge in [0, 0.05) is 5.56 Å². The molecule has 0 aliphatic rings. The highest BCUT2D eigenvalue weighted by molar-refractivity contribution is 7.79. The van der Waals surface area contributed by atoms with E-state index in [0.717, 1.165) is 16.8 Å². The molecule has 1 unspecified atom stereocenters. The minimum absolute atomic E-state index is 0.197. The third-order valence-electron chi connectivity index (χ3n) is 2.52. The second-order valence-corrected chi connectivity index (χ2v) is 4.64. The van der Waals surface area contributed by atoms with E-state index in [1.165, 1.54) is 0 Å². The summed E-state index contributed by atoms with van der Waals surface area (Å²) in [5, 5.41) is 3.84. The molecule has 0 saturated carbocycles. The number of nitrogen functional groups attached to an aromatic ring is 1. The van der Waals surface area contributed by atoms with Crippen LogP contribution in [-0.2, 0) is 11.1 Å². The Morgan fingerprint density at radius 3 is 2.65 bits per heavy atom. The summed E-state index contributed by atoms with van der Waals surface area (Å²) in [6.45, 7) is 3.61. The standard InChI is InChI=1S/C11H12N2O3S/c1-6-11(7(2)16-13-6)8-3-4-9(12)10(5-8)17(14)15/h3-5H,12H2,1-2H3,(H,14,15). The molecule has 0 amide bonds. The second kappa shape index (κ2) is 4.31. The van der Waals surface area contributed by atoms with E-state index in [0.29, 0.717) is 11.4 Å². The van der Waals surface area contributed by atoms with E-state index in [2.05, 4.69) is 5.16 Å². The number of aryl methyl sites for hydroxylation is 2. The fourth-order valence-electron chi connectivity index (χ4n) is 1.74. The summed E-state index contributed by atoms with van der Waals surface area (Å²) in [6.07, 6.45) is 0. The molecule has 0 fully saturated rings. The van der Waals surface area contributed by atoms with Crippen molar-refractivity contribution in [2.45, 2.75) is 18.7 Å². The Labute approximate surface area is 101 Å². The second-order valence-electron chi connectivity index (χ2n) is 3.70. The summed E-state index contributed by atoms with van der Waals surface area (Å²) in [6, 6.07) is 4.96. The molecule has 1 heterocycles. The van der Waals surface area contributed by atoms with Gasteiger partial charge < -0.3 is 14.8 Å². The summed E-state index contributed by atoms with van der Waals surface area (Å²) in [4.78, 5) is 0.197. The van der Waals surface area contributed by atoms with E-state index in [1.807, 2.05) is 6.92 Å². The number of benzene rings is 1. The van der Waals surface area contributed by atoms with Gasteiger partial charge in [-0.2, -0.15) is 0 Å². The lowest BCUT2D eigenvalue weighted by Crippen LogP contribution is -1.97. The molecule has 5 nitrogen and oxygen atoms in total. The van der Waals surface area contributed by atoms with Gasteiger partial charge in [-0.1, -0.05) is 11.2 Å². The summed E-state index contributed by atoms with van der Waals surface area (Å²) in [5.41, 5.74) is 8.26. The van der Waals surface area contributed by atoms with Crippen molar-refractivity contribution in [1.82, 2.24) is 5.16 Å². The molecule has 6 heteroatoms. The van der Waals surface area contributed by atoms with Crippen LogP contribution in [0.25, 0.3) is 11.1 Å². The Morgan fingerprint density at radius 1 is 1.41 bits per heavy atom. The number of rotatable bonds is 2. The molecule has 3 N–H and O–H groups in total. The van der Waals surface area contributed by atoms with Crippen molar-refractivity contribution in [3.8, 4) is 11.1 Å². The van der Waals surface area contributed by atoms with Crippen LogP contribution in [0.3, 0.4) is 0 Å². The van der Waals surface area contributed by atoms with Gasteiger partial charge in [-0.25, -0.2) is 4.21 Å². The first-order chi connectivity index (χ1) is 8.00. The summed E-state index contributed by atoms with van der Waals surface area (Å²) >= 11 is -2.10. The molecule has 2 aromatic rings. The van der Waals surface area contributed by atoms with Gasteiger partial charge in [-0.15, -0.1) is 0 Å². The molecule has 90 valence electrons. The van der Waals surface area contributed by atoms with Crippen LogP contribution in [0.2, 0.25) is 0 Å². The average Bonchev–Trinajstić information content (AvgIpc) is 2.59. The number of hydrogen-bond acceptors (Lipinski definition) is 4.